The topological polar surface area (TPSA) is 184 Å². The number of fused-ring (bicyclic) bond motifs is 7. The molecule has 61 heavy (non-hydrogen) atoms. The third-order valence-corrected chi connectivity index (χ3v) is 13.3. The van der Waals surface area contributed by atoms with Crippen LogP contribution >= 0.6 is 34.3 Å². The van der Waals surface area contributed by atoms with Gasteiger partial charge in [-0.15, -0.1) is 22.7 Å². The zero-order valence-corrected chi connectivity index (χ0v) is 36.4. The lowest BCUT2D eigenvalue weighted by molar-refractivity contribution is 0.0810. The van der Waals surface area contributed by atoms with Gasteiger partial charge < -0.3 is 28.9 Å². The number of benzene rings is 1. The summed E-state index contributed by atoms with van der Waals surface area (Å²) in [7, 11) is 8.46. The highest BCUT2D eigenvalue weighted by molar-refractivity contribution is 7.19. The van der Waals surface area contributed by atoms with E-state index in [1.807, 2.05) is 12.3 Å². The number of halogens is 1. The van der Waals surface area contributed by atoms with Crippen LogP contribution in [0.5, 0.6) is 5.75 Å². The van der Waals surface area contributed by atoms with Crippen LogP contribution in [0.4, 0.5) is 11.5 Å². The highest BCUT2D eigenvalue weighted by Gasteiger charge is 2.27. The van der Waals surface area contributed by atoms with Crippen molar-refractivity contribution in [1.29, 1.82) is 0 Å². The van der Waals surface area contributed by atoms with E-state index in [9.17, 15) is 9.59 Å². The number of nitrogens with zero attached hydrogens (tertiary/aromatic N) is 11. The van der Waals surface area contributed by atoms with Gasteiger partial charge in [0, 0.05) is 82.5 Å². The maximum absolute atomic E-state index is 12.1. The van der Waals surface area contributed by atoms with Crippen molar-refractivity contribution < 1.29 is 23.4 Å². The third kappa shape index (κ3) is 8.18. The molecule has 20 heteroatoms. The summed E-state index contributed by atoms with van der Waals surface area (Å²) in [6.45, 7) is 5.17. The molecule has 17 nitrogen and oxygen atoms in total. The van der Waals surface area contributed by atoms with Gasteiger partial charge >= 0.3 is 0 Å². The van der Waals surface area contributed by atoms with E-state index in [0.717, 1.165) is 87.8 Å². The number of hydrogen-bond acceptors (Lipinski definition) is 17. The molecule has 0 atom stereocenters. The molecule has 2 amide bonds. The Morgan fingerprint density at radius 2 is 1.38 bits per heavy atom. The predicted octanol–water partition coefficient (Wildman–Crippen LogP) is 6.22. The second-order valence-electron chi connectivity index (χ2n) is 15.3. The van der Waals surface area contributed by atoms with Gasteiger partial charge in [-0.3, -0.25) is 24.4 Å². The van der Waals surface area contributed by atoms with E-state index in [0.29, 0.717) is 47.7 Å². The van der Waals surface area contributed by atoms with Crippen LogP contribution in [0.3, 0.4) is 0 Å². The molecule has 0 bridgehead atoms. The summed E-state index contributed by atoms with van der Waals surface area (Å²) in [5, 5.41) is 13.9. The molecular weight excluding hydrogens is 840 g/mol. The summed E-state index contributed by atoms with van der Waals surface area (Å²) in [5.74, 6) is 2.59. The Bertz CT molecular complexity index is 2830. The minimum atomic E-state index is -0.165. The SMILES string of the molecule is CN(C)C(=O)c1cc(CN2CCc3c(sc4ncnc(Cl)c34)C2)on1.COc1cc2c(cc1Nc1ncnc3sc4c(c13)CCN(Cc1cc(C(=O)N(C)C)no1)C4)C=NC2. The van der Waals surface area contributed by atoms with Gasteiger partial charge in [0.2, 0.25) is 0 Å². The lowest BCUT2D eigenvalue weighted by Crippen LogP contribution is -2.29. The van der Waals surface area contributed by atoms with Crippen LogP contribution in [-0.2, 0) is 45.6 Å². The fourth-order valence-corrected chi connectivity index (χ4v) is 10.5. The normalized spacial score (nSPS) is 14.7. The fraction of sp³-hybridized carbons (Fsp3) is 0.341. The van der Waals surface area contributed by atoms with Crippen molar-refractivity contribution in [2.45, 2.75) is 45.6 Å². The van der Waals surface area contributed by atoms with Crippen LogP contribution in [-0.4, -0.2) is 116 Å². The monoisotopic (exact) mass is 880 g/mol. The summed E-state index contributed by atoms with van der Waals surface area (Å²) in [4.78, 5) is 57.9. The standard InChI is InChI=1S/C25H25N7O3S.C16H16ClN5O2S/c1-31(2)25(33)19-8-16(35-30-19)11-32-5-4-17-21(12-32)36-24-22(17)23(27-13-28-24)29-18-6-14-9-26-10-15(14)7-20(18)34-3;1-21(2)16(23)11-5-9(24-20-11)6-22-4-3-10-12(7-22)25-15-13(10)14(17)18-8-19-15/h6-9,13H,4-5,10-12H2,1-3H3,(H,27,28,29);5,8H,3-4,6-7H2,1-2H3. The minimum Gasteiger partial charge on any atom is -0.495 e. The molecule has 0 unspecified atom stereocenters. The quantitative estimate of drug-likeness (QED) is 0.161. The Balaban J connectivity index is 0.000000167. The molecule has 0 saturated heterocycles. The largest absolute Gasteiger partial charge is 0.495 e. The third-order valence-electron chi connectivity index (χ3n) is 10.7. The number of aromatic nitrogens is 6. The summed E-state index contributed by atoms with van der Waals surface area (Å²) < 4.78 is 16.4. The maximum atomic E-state index is 12.1. The van der Waals surface area contributed by atoms with Gasteiger partial charge in [0.1, 0.15) is 39.0 Å². The Morgan fingerprint density at radius 1 is 0.803 bits per heavy atom. The molecule has 1 N–H and O–H groups in total. The number of anilines is 2. The van der Waals surface area contributed by atoms with E-state index in [2.05, 4.69) is 56.4 Å². The molecule has 10 rings (SSSR count). The van der Waals surface area contributed by atoms with Crippen molar-refractivity contribution in [3.05, 3.63) is 97.0 Å². The minimum absolute atomic E-state index is 0.159. The first-order valence-electron chi connectivity index (χ1n) is 19.5. The summed E-state index contributed by atoms with van der Waals surface area (Å²) in [6.07, 6.45) is 6.75. The number of thiophene rings is 2. The van der Waals surface area contributed by atoms with Gasteiger partial charge in [-0.05, 0) is 47.2 Å². The second kappa shape index (κ2) is 16.9. The first-order valence-corrected chi connectivity index (χ1v) is 21.5. The number of ether oxygens (including phenoxy) is 1. The summed E-state index contributed by atoms with van der Waals surface area (Å²) in [5.41, 5.74) is 6.29. The zero-order valence-electron chi connectivity index (χ0n) is 34.1. The van der Waals surface area contributed by atoms with Crippen LogP contribution in [0.25, 0.3) is 20.4 Å². The molecule has 0 saturated carbocycles. The lowest BCUT2D eigenvalue weighted by Gasteiger charge is -2.25. The first-order chi connectivity index (χ1) is 29.5. The Morgan fingerprint density at radius 3 is 1.97 bits per heavy atom. The molecular formula is C41H41ClN12O5S2. The number of carbonyl (C=O) groups excluding carboxylic acids is 2. The number of amides is 2. The van der Waals surface area contributed by atoms with E-state index in [1.165, 1.54) is 37.0 Å². The van der Waals surface area contributed by atoms with Crippen molar-refractivity contribution in [3.63, 3.8) is 0 Å². The molecule has 9 heterocycles. The summed E-state index contributed by atoms with van der Waals surface area (Å²) >= 11 is 9.59. The van der Waals surface area contributed by atoms with Gasteiger partial charge in [0.25, 0.3) is 11.8 Å². The van der Waals surface area contributed by atoms with E-state index in [4.69, 9.17) is 25.4 Å². The van der Waals surface area contributed by atoms with Crippen molar-refractivity contribution in [3.8, 4) is 5.75 Å². The molecule has 7 aromatic rings. The van der Waals surface area contributed by atoms with Crippen LogP contribution in [0.2, 0.25) is 5.15 Å². The average molecular weight is 881 g/mol. The van der Waals surface area contributed by atoms with E-state index in [-0.39, 0.29) is 11.8 Å². The number of methoxy groups -OCH3 is 1. The Kier molecular flexibility index (Phi) is 11.2. The number of nitrogens with one attached hydrogen (secondary N) is 1. The summed E-state index contributed by atoms with van der Waals surface area (Å²) in [6, 6.07) is 7.53. The maximum Gasteiger partial charge on any atom is 0.275 e. The molecule has 3 aliphatic rings. The molecule has 314 valence electrons. The molecule has 1 aromatic carbocycles. The lowest BCUT2D eigenvalue weighted by atomic mass is 10.0. The molecule has 0 spiro atoms. The number of aliphatic imine (C=N–C) groups is 1. The molecule has 0 aliphatic carbocycles. The van der Waals surface area contributed by atoms with Crippen molar-refractivity contribution in [2.24, 2.45) is 4.99 Å². The number of rotatable bonds is 9. The van der Waals surface area contributed by atoms with Crippen LogP contribution in [0.15, 0.2) is 51.0 Å². The van der Waals surface area contributed by atoms with Crippen molar-refractivity contribution >= 4 is 84.2 Å². The Hall–Kier alpha value is -5.86. The highest BCUT2D eigenvalue weighted by atomic mass is 35.5. The number of hydrogen-bond donors (Lipinski definition) is 1. The Labute approximate surface area is 363 Å². The van der Waals surface area contributed by atoms with Crippen LogP contribution in [0, 0.1) is 0 Å². The molecule has 6 aromatic heterocycles. The van der Waals surface area contributed by atoms with Gasteiger partial charge in [0.15, 0.2) is 22.9 Å². The fourth-order valence-electron chi connectivity index (χ4n) is 7.70. The molecule has 0 radical (unpaired) electrons. The average Bonchev–Trinajstić information content (AvgIpc) is 4.10. The van der Waals surface area contributed by atoms with Gasteiger partial charge in [-0.1, -0.05) is 21.9 Å². The van der Waals surface area contributed by atoms with Crippen LogP contribution < -0.4 is 10.1 Å². The van der Waals surface area contributed by atoms with Gasteiger partial charge in [-0.25, -0.2) is 19.9 Å². The van der Waals surface area contributed by atoms with Crippen molar-refractivity contribution in [2.75, 3.05) is 53.7 Å². The first kappa shape index (κ1) is 40.5. The van der Waals surface area contributed by atoms with E-state index < -0.39 is 0 Å². The molecule has 0 fully saturated rings. The second-order valence-corrected chi connectivity index (χ2v) is 17.8. The smallest absolute Gasteiger partial charge is 0.275 e. The zero-order chi connectivity index (χ0) is 42.4. The van der Waals surface area contributed by atoms with Gasteiger partial charge in [-0.2, -0.15) is 0 Å². The van der Waals surface area contributed by atoms with E-state index >= 15 is 0 Å². The van der Waals surface area contributed by atoms with Crippen LogP contribution in [0.1, 0.15) is 64.5 Å². The van der Waals surface area contributed by atoms with E-state index in [1.54, 1.807) is 76.4 Å². The molecule has 3 aliphatic heterocycles. The number of carbonyl (C=O) groups is 2. The highest BCUT2D eigenvalue weighted by Crippen LogP contribution is 2.41. The van der Waals surface area contributed by atoms with Crippen molar-refractivity contribution in [1.82, 2.24) is 49.8 Å². The predicted molar refractivity (Wildman–Crippen MR) is 232 cm³/mol. The van der Waals surface area contributed by atoms with Gasteiger partial charge in [0.05, 0.1) is 43.2 Å².